The van der Waals surface area contributed by atoms with E-state index < -0.39 is 22.0 Å². The molecule has 6 nitrogen and oxygen atoms in total. The molecule has 7 heteroatoms. The van der Waals surface area contributed by atoms with Gasteiger partial charge in [0.15, 0.2) is 0 Å². The van der Waals surface area contributed by atoms with Gasteiger partial charge in [-0.1, -0.05) is 54.1 Å². The van der Waals surface area contributed by atoms with Crippen LogP contribution in [0.1, 0.15) is 16.7 Å². The number of ether oxygens (including phenoxy) is 1. The summed E-state index contributed by atoms with van der Waals surface area (Å²) in [6.07, 6.45) is 0.200. The largest absolute Gasteiger partial charge is 0.495 e. The van der Waals surface area contributed by atoms with Crippen LogP contribution in [0.4, 0.5) is 5.69 Å². The van der Waals surface area contributed by atoms with E-state index in [9.17, 15) is 13.2 Å². The van der Waals surface area contributed by atoms with E-state index in [1.165, 1.54) is 13.2 Å². The van der Waals surface area contributed by atoms with Crippen LogP contribution in [0, 0.1) is 13.8 Å². The first-order valence-electron chi connectivity index (χ1n) is 9.87. The molecular formula is C24H26N2O4S. The molecule has 3 aromatic rings. The number of sulfonamides is 1. The topological polar surface area (TPSA) is 84.5 Å². The van der Waals surface area contributed by atoms with Gasteiger partial charge in [0.1, 0.15) is 16.7 Å². The maximum absolute atomic E-state index is 13.2. The lowest BCUT2D eigenvalue weighted by atomic mass is 10.1. The number of methoxy groups -OCH3 is 1. The van der Waals surface area contributed by atoms with E-state index >= 15 is 0 Å². The van der Waals surface area contributed by atoms with Gasteiger partial charge in [0.25, 0.3) is 0 Å². The quantitative estimate of drug-likeness (QED) is 0.560. The fraction of sp³-hybridized carbons (Fsp3) is 0.208. The van der Waals surface area contributed by atoms with Crippen molar-refractivity contribution in [2.24, 2.45) is 0 Å². The van der Waals surface area contributed by atoms with Crippen molar-refractivity contribution in [2.75, 3.05) is 12.4 Å². The average Bonchev–Trinajstić information content (AvgIpc) is 2.75. The second-order valence-electron chi connectivity index (χ2n) is 7.37. The van der Waals surface area contributed by atoms with E-state index in [0.29, 0.717) is 5.69 Å². The molecule has 0 fully saturated rings. The van der Waals surface area contributed by atoms with Crippen molar-refractivity contribution in [3.8, 4) is 5.75 Å². The van der Waals surface area contributed by atoms with Crippen LogP contribution in [-0.4, -0.2) is 27.5 Å². The number of benzene rings is 3. The maximum Gasteiger partial charge on any atom is 0.245 e. The van der Waals surface area contributed by atoms with Gasteiger partial charge in [-0.05, 0) is 55.7 Å². The van der Waals surface area contributed by atoms with Crippen molar-refractivity contribution >= 4 is 21.6 Å². The van der Waals surface area contributed by atoms with Crippen molar-refractivity contribution in [1.29, 1.82) is 0 Å². The van der Waals surface area contributed by atoms with Crippen molar-refractivity contribution in [3.63, 3.8) is 0 Å². The number of carbonyl (C=O) groups is 1. The molecule has 0 aromatic heterocycles. The monoisotopic (exact) mass is 438 g/mol. The van der Waals surface area contributed by atoms with E-state index in [1.807, 2.05) is 49.4 Å². The highest BCUT2D eigenvalue weighted by molar-refractivity contribution is 7.89. The molecule has 3 rings (SSSR count). The standard InChI is InChI=1S/C24H26N2O4S/c1-17-9-12-20(13-10-17)25-24(27)21(16-19-7-5-4-6-8-19)26-31(28,29)23-15-18(2)11-14-22(23)30-3/h4-15,21,26H,16H2,1-3H3,(H,25,27). The molecule has 0 heterocycles. The number of rotatable bonds is 8. The van der Waals surface area contributed by atoms with E-state index in [1.54, 1.807) is 31.2 Å². The minimum Gasteiger partial charge on any atom is -0.495 e. The Morgan fingerprint density at radius 1 is 0.935 bits per heavy atom. The Hall–Kier alpha value is -3.16. The average molecular weight is 439 g/mol. The summed E-state index contributed by atoms with van der Waals surface area (Å²) in [6.45, 7) is 3.75. The molecule has 0 aliphatic heterocycles. The molecular weight excluding hydrogens is 412 g/mol. The smallest absolute Gasteiger partial charge is 0.245 e. The first-order valence-corrected chi connectivity index (χ1v) is 11.4. The fourth-order valence-electron chi connectivity index (χ4n) is 3.15. The van der Waals surface area contributed by atoms with Gasteiger partial charge >= 0.3 is 0 Å². The zero-order chi connectivity index (χ0) is 22.4. The normalized spacial score (nSPS) is 12.2. The number of hydrogen-bond acceptors (Lipinski definition) is 4. The van der Waals surface area contributed by atoms with E-state index in [-0.39, 0.29) is 17.1 Å². The van der Waals surface area contributed by atoms with E-state index in [2.05, 4.69) is 10.0 Å². The van der Waals surface area contributed by atoms with Crippen LogP contribution in [0.5, 0.6) is 5.75 Å². The molecule has 0 spiro atoms. The highest BCUT2D eigenvalue weighted by Crippen LogP contribution is 2.25. The summed E-state index contributed by atoms with van der Waals surface area (Å²) < 4.78 is 34.2. The SMILES string of the molecule is COc1ccc(C)cc1S(=O)(=O)NC(Cc1ccccc1)C(=O)Nc1ccc(C)cc1. The molecule has 31 heavy (non-hydrogen) atoms. The van der Waals surface area contributed by atoms with Gasteiger partial charge < -0.3 is 10.1 Å². The van der Waals surface area contributed by atoms with E-state index in [0.717, 1.165) is 16.7 Å². The lowest BCUT2D eigenvalue weighted by Crippen LogP contribution is -2.45. The van der Waals surface area contributed by atoms with Crippen LogP contribution in [0.2, 0.25) is 0 Å². The van der Waals surface area contributed by atoms with Gasteiger partial charge in [0, 0.05) is 5.69 Å². The molecule has 0 bridgehead atoms. The highest BCUT2D eigenvalue weighted by atomic mass is 32.2. The Balaban J connectivity index is 1.91. The second kappa shape index (κ2) is 9.76. The maximum atomic E-state index is 13.2. The molecule has 1 unspecified atom stereocenters. The van der Waals surface area contributed by atoms with Crippen LogP contribution in [0.15, 0.2) is 77.7 Å². The Kier molecular flexibility index (Phi) is 7.09. The first kappa shape index (κ1) is 22.5. The van der Waals surface area contributed by atoms with Crippen LogP contribution < -0.4 is 14.8 Å². The third-order valence-electron chi connectivity index (χ3n) is 4.82. The van der Waals surface area contributed by atoms with Gasteiger partial charge in [0.05, 0.1) is 7.11 Å². The van der Waals surface area contributed by atoms with Crippen molar-refractivity contribution in [1.82, 2.24) is 4.72 Å². The lowest BCUT2D eigenvalue weighted by Gasteiger charge is -2.20. The molecule has 162 valence electrons. The van der Waals surface area contributed by atoms with Gasteiger partial charge in [-0.25, -0.2) is 8.42 Å². The van der Waals surface area contributed by atoms with Gasteiger partial charge in [-0.3, -0.25) is 4.79 Å². The van der Waals surface area contributed by atoms with E-state index in [4.69, 9.17) is 4.74 Å². The van der Waals surface area contributed by atoms with Gasteiger partial charge in [-0.2, -0.15) is 4.72 Å². The molecule has 3 aromatic carbocycles. The van der Waals surface area contributed by atoms with Crippen molar-refractivity contribution in [2.45, 2.75) is 31.2 Å². The molecule has 0 aliphatic carbocycles. The van der Waals surface area contributed by atoms with Gasteiger partial charge in [0.2, 0.25) is 15.9 Å². The Bertz CT molecular complexity index is 1140. The Morgan fingerprint density at radius 3 is 2.23 bits per heavy atom. The summed E-state index contributed by atoms with van der Waals surface area (Å²) in [5.41, 5.74) is 3.27. The fourth-order valence-corrected chi connectivity index (χ4v) is 4.60. The molecule has 0 radical (unpaired) electrons. The van der Waals surface area contributed by atoms with Crippen LogP contribution in [0.3, 0.4) is 0 Å². The summed E-state index contributed by atoms with van der Waals surface area (Å²) in [5.74, 6) is -0.224. The molecule has 2 N–H and O–H groups in total. The summed E-state index contributed by atoms with van der Waals surface area (Å²) in [6, 6.07) is 20.5. The first-order chi connectivity index (χ1) is 14.8. The van der Waals surface area contributed by atoms with Crippen LogP contribution in [0.25, 0.3) is 0 Å². The minimum atomic E-state index is -4.02. The summed E-state index contributed by atoms with van der Waals surface area (Å²) >= 11 is 0. The Morgan fingerprint density at radius 2 is 1.58 bits per heavy atom. The molecule has 0 saturated carbocycles. The highest BCUT2D eigenvalue weighted by Gasteiger charge is 2.28. The molecule has 0 aliphatic rings. The van der Waals surface area contributed by atoms with Gasteiger partial charge in [-0.15, -0.1) is 0 Å². The molecule has 0 saturated heterocycles. The minimum absolute atomic E-state index is 0.00352. The molecule has 1 amide bonds. The number of nitrogens with one attached hydrogen (secondary N) is 2. The summed E-state index contributed by atoms with van der Waals surface area (Å²) in [5, 5.41) is 2.81. The zero-order valence-corrected chi connectivity index (χ0v) is 18.6. The zero-order valence-electron chi connectivity index (χ0n) is 17.8. The number of amides is 1. The number of anilines is 1. The summed E-state index contributed by atoms with van der Waals surface area (Å²) in [7, 11) is -2.61. The number of carbonyl (C=O) groups excluding carboxylic acids is 1. The van der Waals surface area contributed by atoms with Crippen molar-refractivity contribution in [3.05, 3.63) is 89.5 Å². The van der Waals surface area contributed by atoms with Crippen molar-refractivity contribution < 1.29 is 17.9 Å². The van der Waals surface area contributed by atoms with Crippen LogP contribution in [-0.2, 0) is 21.2 Å². The summed E-state index contributed by atoms with van der Waals surface area (Å²) in [4.78, 5) is 13.1. The third-order valence-corrected chi connectivity index (χ3v) is 6.32. The number of aryl methyl sites for hydroxylation is 2. The number of hydrogen-bond donors (Lipinski definition) is 2. The molecule has 1 atom stereocenters. The third kappa shape index (κ3) is 5.93. The van der Waals surface area contributed by atoms with Crippen LogP contribution >= 0.6 is 0 Å². The Labute approximate surface area is 183 Å². The predicted octanol–water partition coefficient (Wildman–Crippen LogP) is 3.84. The lowest BCUT2D eigenvalue weighted by molar-refractivity contribution is -0.117. The predicted molar refractivity (Wildman–Crippen MR) is 122 cm³/mol. The second-order valence-corrected chi connectivity index (χ2v) is 9.06.